The summed E-state index contributed by atoms with van der Waals surface area (Å²) in [5, 5.41) is 13.0. The van der Waals surface area contributed by atoms with Gasteiger partial charge in [-0.15, -0.1) is 0 Å². The van der Waals surface area contributed by atoms with Gasteiger partial charge in [0, 0.05) is 16.6 Å². The van der Waals surface area contributed by atoms with Gasteiger partial charge >= 0.3 is 0 Å². The molecule has 1 fully saturated rings. The lowest BCUT2D eigenvalue weighted by atomic mass is 10.2. The first-order valence-corrected chi connectivity index (χ1v) is 10.9. The van der Waals surface area contributed by atoms with Crippen LogP contribution in [0.5, 0.6) is 5.75 Å². The Morgan fingerprint density at radius 1 is 1.25 bits per heavy atom. The quantitative estimate of drug-likeness (QED) is 0.433. The van der Waals surface area contributed by atoms with Crippen molar-refractivity contribution < 1.29 is 14.7 Å². The minimum Gasteiger partial charge on any atom is -0.506 e. The van der Waals surface area contributed by atoms with Crippen LogP contribution < -0.4 is 5.32 Å². The number of aromatic hydroxyl groups is 1. The summed E-state index contributed by atoms with van der Waals surface area (Å²) < 4.78 is 1.56. The van der Waals surface area contributed by atoms with Crippen LogP contribution in [0.1, 0.15) is 11.1 Å². The lowest BCUT2D eigenvalue weighted by Gasteiger charge is -2.14. The fraction of sp³-hybridized carbons (Fsp3) is 0.105. The maximum absolute atomic E-state index is 12.7. The van der Waals surface area contributed by atoms with E-state index in [2.05, 4.69) is 37.2 Å². The lowest BCUT2D eigenvalue weighted by Crippen LogP contribution is -2.39. The van der Waals surface area contributed by atoms with Gasteiger partial charge in [-0.2, -0.15) is 0 Å². The zero-order valence-corrected chi connectivity index (χ0v) is 19.1. The van der Waals surface area contributed by atoms with E-state index in [1.54, 1.807) is 18.2 Å². The molecular weight excluding hydrogens is 528 g/mol. The number of carbonyl (C=O) groups excluding carboxylic acids is 2. The molecule has 28 heavy (non-hydrogen) atoms. The topological polar surface area (TPSA) is 69.6 Å². The second-order valence-electron chi connectivity index (χ2n) is 5.86. The highest BCUT2D eigenvalue weighted by Gasteiger charge is 2.33. The van der Waals surface area contributed by atoms with Gasteiger partial charge in [-0.25, -0.2) is 0 Å². The second-order valence-corrected chi connectivity index (χ2v) is 9.30. The Morgan fingerprint density at radius 2 is 1.96 bits per heavy atom. The van der Waals surface area contributed by atoms with Crippen LogP contribution in [0, 0.1) is 0 Å². The summed E-state index contributed by atoms with van der Waals surface area (Å²) in [7, 11) is 0. The van der Waals surface area contributed by atoms with Gasteiger partial charge in [-0.3, -0.25) is 14.5 Å². The number of hydrogen-bond acceptors (Lipinski definition) is 5. The smallest absolute Gasteiger partial charge is 0.266 e. The molecule has 1 saturated heterocycles. The largest absolute Gasteiger partial charge is 0.506 e. The van der Waals surface area contributed by atoms with Gasteiger partial charge < -0.3 is 10.4 Å². The molecule has 0 radical (unpaired) electrons. The van der Waals surface area contributed by atoms with Gasteiger partial charge in [0.1, 0.15) is 16.6 Å². The molecule has 0 spiro atoms. The van der Waals surface area contributed by atoms with Crippen LogP contribution in [-0.2, 0) is 16.1 Å². The Morgan fingerprint density at radius 3 is 2.68 bits per heavy atom. The van der Waals surface area contributed by atoms with Crippen LogP contribution in [0.3, 0.4) is 0 Å². The van der Waals surface area contributed by atoms with Crippen molar-refractivity contribution in [3.63, 3.8) is 0 Å². The maximum atomic E-state index is 12.7. The van der Waals surface area contributed by atoms with Crippen molar-refractivity contribution in [2.45, 2.75) is 6.54 Å². The summed E-state index contributed by atoms with van der Waals surface area (Å²) in [6.07, 6.45) is 1.56. The van der Waals surface area contributed by atoms with Gasteiger partial charge in [0.25, 0.3) is 5.91 Å². The highest BCUT2D eigenvalue weighted by molar-refractivity contribution is 9.11. The third kappa shape index (κ3) is 5.02. The molecule has 0 unspecified atom stereocenters. The summed E-state index contributed by atoms with van der Waals surface area (Å²) >= 11 is 13.0. The van der Waals surface area contributed by atoms with Gasteiger partial charge in [0.05, 0.1) is 9.38 Å². The van der Waals surface area contributed by atoms with Gasteiger partial charge in [0.15, 0.2) is 0 Å². The molecule has 1 heterocycles. The summed E-state index contributed by atoms with van der Waals surface area (Å²) in [4.78, 5) is 26.5. The number of thioether (sulfide) groups is 1. The predicted octanol–water partition coefficient (Wildman–Crippen LogP) is 4.43. The molecule has 0 aromatic heterocycles. The summed E-state index contributed by atoms with van der Waals surface area (Å²) in [6.45, 7) is 0.229. The molecule has 1 aliphatic heterocycles. The molecule has 9 heteroatoms. The average molecular weight is 542 g/mol. The van der Waals surface area contributed by atoms with Crippen LogP contribution in [0.25, 0.3) is 6.08 Å². The summed E-state index contributed by atoms with van der Waals surface area (Å²) in [5.74, 6) is -0.635. The number of rotatable bonds is 5. The first-order chi connectivity index (χ1) is 13.3. The lowest BCUT2D eigenvalue weighted by molar-refractivity contribution is -0.128. The molecule has 1 aliphatic rings. The number of phenols is 1. The molecule has 3 rings (SSSR count). The van der Waals surface area contributed by atoms with Crippen LogP contribution in [0.4, 0.5) is 0 Å². The monoisotopic (exact) mass is 540 g/mol. The van der Waals surface area contributed by atoms with E-state index < -0.39 is 0 Å². The van der Waals surface area contributed by atoms with E-state index in [0.717, 1.165) is 21.8 Å². The first kappa shape index (κ1) is 21.0. The number of amides is 2. The van der Waals surface area contributed by atoms with Crippen molar-refractivity contribution >= 4 is 78.1 Å². The standard InChI is InChI=1S/C19H14Br2N2O3S2/c20-13-6-12(17(25)14(21)8-13)7-15-18(26)23(19(27)28-15)10-16(24)22-9-11-4-2-1-3-5-11/h1-8,25H,9-10H2,(H,22,24)/b15-7-. The number of benzene rings is 2. The Hall–Kier alpha value is -1.68. The molecule has 0 bridgehead atoms. The fourth-order valence-electron chi connectivity index (χ4n) is 2.47. The molecule has 2 aromatic rings. The van der Waals surface area contributed by atoms with Crippen molar-refractivity contribution in [1.29, 1.82) is 0 Å². The molecule has 144 valence electrons. The van der Waals surface area contributed by atoms with Crippen LogP contribution >= 0.6 is 55.8 Å². The van der Waals surface area contributed by atoms with Crippen LogP contribution in [0.2, 0.25) is 0 Å². The highest BCUT2D eigenvalue weighted by Crippen LogP contribution is 2.37. The number of thiocarbonyl (C=S) groups is 1. The van der Waals surface area contributed by atoms with Crippen molar-refractivity contribution in [3.8, 4) is 5.75 Å². The Labute approximate surface area is 188 Å². The van der Waals surface area contributed by atoms with Crippen molar-refractivity contribution in [2.24, 2.45) is 0 Å². The minimum absolute atomic E-state index is 0.0223. The number of nitrogens with zero attached hydrogens (tertiary/aromatic N) is 1. The molecular formula is C19H14Br2N2O3S2. The van der Waals surface area contributed by atoms with E-state index in [-0.39, 0.29) is 24.1 Å². The molecule has 2 amide bonds. The molecule has 0 atom stereocenters. The molecule has 0 saturated carbocycles. The number of nitrogens with one attached hydrogen (secondary N) is 1. The van der Waals surface area contributed by atoms with E-state index in [9.17, 15) is 14.7 Å². The van der Waals surface area contributed by atoms with Crippen LogP contribution in [-0.4, -0.2) is 32.7 Å². The van der Waals surface area contributed by atoms with Crippen molar-refractivity contribution in [2.75, 3.05) is 6.54 Å². The predicted molar refractivity (Wildman–Crippen MR) is 122 cm³/mol. The Balaban J connectivity index is 1.69. The Bertz CT molecular complexity index is 981. The minimum atomic E-state index is -0.361. The molecule has 2 N–H and O–H groups in total. The number of carbonyl (C=O) groups is 2. The van der Waals surface area contributed by atoms with Crippen molar-refractivity contribution in [1.82, 2.24) is 10.2 Å². The number of hydrogen-bond donors (Lipinski definition) is 2. The van der Waals surface area contributed by atoms with E-state index in [0.29, 0.717) is 25.8 Å². The van der Waals surface area contributed by atoms with Crippen LogP contribution in [0.15, 0.2) is 56.3 Å². The zero-order chi connectivity index (χ0) is 20.3. The third-order valence-electron chi connectivity index (χ3n) is 3.85. The number of phenolic OH excluding ortho intramolecular Hbond substituents is 1. The SMILES string of the molecule is O=C(CN1C(=O)/C(=C/c2cc(Br)cc(Br)c2O)SC1=S)NCc1ccccc1. The van der Waals surface area contributed by atoms with Gasteiger partial charge in [0.2, 0.25) is 5.91 Å². The first-order valence-electron chi connectivity index (χ1n) is 8.09. The van der Waals surface area contributed by atoms with E-state index in [4.69, 9.17) is 12.2 Å². The Kier molecular flexibility index (Phi) is 6.92. The molecule has 5 nitrogen and oxygen atoms in total. The van der Waals surface area contributed by atoms with Gasteiger partial charge in [-0.1, -0.05) is 70.2 Å². The van der Waals surface area contributed by atoms with Crippen molar-refractivity contribution in [3.05, 3.63) is 67.4 Å². The van der Waals surface area contributed by atoms with Gasteiger partial charge in [-0.05, 0) is 39.7 Å². The highest BCUT2D eigenvalue weighted by atomic mass is 79.9. The summed E-state index contributed by atoms with van der Waals surface area (Å²) in [5.41, 5.74) is 1.44. The zero-order valence-electron chi connectivity index (χ0n) is 14.3. The average Bonchev–Trinajstić information content (AvgIpc) is 2.92. The van der Waals surface area contributed by atoms with E-state index in [1.807, 2.05) is 30.3 Å². The third-order valence-corrected chi connectivity index (χ3v) is 6.29. The molecule has 0 aliphatic carbocycles. The fourth-order valence-corrected chi connectivity index (χ4v) is 4.97. The second kappa shape index (κ2) is 9.21. The number of halogens is 2. The molecule has 2 aromatic carbocycles. The summed E-state index contributed by atoms with van der Waals surface area (Å²) in [6, 6.07) is 12.9. The van der Waals surface area contributed by atoms with E-state index >= 15 is 0 Å². The maximum Gasteiger partial charge on any atom is 0.266 e. The van der Waals surface area contributed by atoms with E-state index in [1.165, 1.54) is 4.90 Å². The normalized spacial score (nSPS) is 15.4.